The van der Waals surface area contributed by atoms with Crippen molar-refractivity contribution in [1.82, 2.24) is 20.4 Å². The van der Waals surface area contributed by atoms with Crippen molar-refractivity contribution in [3.63, 3.8) is 0 Å². The first-order valence-electron chi connectivity index (χ1n) is 11.9. The van der Waals surface area contributed by atoms with Crippen LogP contribution in [0.3, 0.4) is 0 Å². The summed E-state index contributed by atoms with van der Waals surface area (Å²) in [6.45, 7) is 1.40. The summed E-state index contributed by atoms with van der Waals surface area (Å²) in [5, 5.41) is 9.85. The summed E-state index contributed by atoms with van der Waals surface area (Å²) in [6, 6.07) is 20.4. The molecule has 0 fully saturated rings. The van der Waals surface area contributed by atoms with Gasteiger partial charge in [0, 0.05) is 11.8 Å². The van der Waals surface area contributed by atoms with Gasteiger partial charge in [0.1, 0.15) is 29.7 Å². The topological polar surface area (TPSA) is 125 Å². The molecule has 1 atom stereocenters. The summed E-state index contributed by atoms with van der Waals surface area (Å²) in [5.74, 6) is -1.01. The highest BCUT2D eigenvalue weighted by molar-refractivity contribution is 5.97. The number of aromatic nitrogens is 2. The first-order valence-corrected chi connectivity index (χ1v) is 11.9. The molecule has 0 bridgehead atoms. The molecule has 1 aliphatic heterocycles. The number of ether oxygens (including phenoxy) is 2. The number of nitrogens with one attached hydrogen (secondary N) is 2. The zero-order valence-corrected chi connectivity index (χ0v) is 20.4. The predicted molar refractivity (Wildman–Crippen MR) is 136 cm³/mol. The van der Waals surface area contributed by atoms with Gasteiger partial charge in [-0.3, -0.25) is 0 Å². The molecule has 0 aliphatic carbocycles. The highest BCUT2D eigenvalue weighted by Gasteiger charge is 2.36. The fourth-order valence-electron chi connectivity index (χ4n) is 4.11. The minimum Gasteiger partial charge on any atom is -0.467 e. The third kappa shape index (κ3) is 5.05. The van der Waals surface area contributed by atoms with Gasteiger partial charge in [-0.25, -0.2) is 19.1 Å². The van der Waals surface area contributed by atoms with Crippen LogP contribution in [0, 0.1) is 0 Å². The summed E-state index contributed by atoms with van der Waals surface area (Å²) in [6.07, 6.45) is 3.02. The molecule has 10 nitrogen and oxygen atoms in total. The summed E-state index contributed by atoms with van der Waals surface area (Å²) in [5.41, 5.74) is 2.33. The molecule has 38 heavy (non-hydrogen) atoms. The van der Waals surface area contributed by atoms with Gasteiger partial charge in [0.25, 0.3) is 0 Å². The van der Waals surface area contributed by atoms with Crippen LogP contribution in [0.1, 0.15) is 29.1 Å². The van der Waals surface area contributed by atoms with E-state index in [1.807, 2.05) is 60.7 Å². The molecule has 2 aromatic heterocycles. The summed E-state index contributed by atoms with van der Waals surface area (Å²) in [4.78, 5) is 38.6. The van der Waals surface area contributed by atoms with Crippen LogP contribution in [0.25, 0.3) is 16.9 Å². The quantitative estimate of drug-likeness (QED) is 0.340. The summed E-state index contributed by atoms with van der Waals surface area (Å²) < 4.78 is 17.9. The van der Waals surface area contributed by atoms with Crippen LogP contribution in [-0.2, 0) is 14.3 Å². The van der Waals surface area contributed by atoms with Crippen molar-refractivity contribution < 1.29 is 28.3 Å². The first-order chi connectivity index (χ1) is 18.5. The van der Waals surface area contributed by atoms with Gasteiger partial charge in [-0.1, -0.05) is 48.5 Å². The number of nitrogens with zero attached hydrogens (tertiary/aromatic N) is 2. The van der Waals surface area contributed by atoms with Crippen LogP contribution < -0.4 is 10.6 Å². The molecule has 2 N–H and O–H groups in total. The maximum atomic E-state index is 13.4. The Morgan fingerprint density at radius 1 is 0.974 bits per heavy atom. The number of amides is 2. The normalized spacial score (nSPS) is 15.0. The lowest BCUT2D eigenvalue weighted by molar-refractivity contribution is -0.139. The van der Waals surface area contributed by atoms with Crippen molar-refractivity contribution in [2.24, 2.45) is 0 Å². The van der Waals surface area contributed by atoms with Crippen LogP contribution in [0.15, 0.2) is 101 Å². The lowest BCUT2D eigenvalue weighted by Gasteiger charge is -2.27. The summed E-state index contributed by atoms with van der Waals surface area (Å²) >= 11 is 0. The van der Waals surface area contributed by atoms with Crippen molar-refractivity contribution in [2.75, 3.05) is 13.2 Å². The molecule has 0 radical (unpaired) electrons. The van der Waals surface area contributed by atoms with Gasteiger partial charge in [0.15, 0.2) is 0 Å². The number of carbonyl (C=O) groups is 3. The van der Waals surface area contributed by atoms with E-state index in [2.05, 4.69) is 15.7 Å². The Morgan fingerprint density at radius 2 is 1.71 bits per heavy atom. The van der Waals surface area contributed by atoms with E-state index in [4.69, 9.17) is 13.9 Å². The summed E-state index contributed by atoms with van der Waals surface area (Å²) in [7, 11) is 0. The maximum absolute atomic E-state index is 13.4. The number of rotatable bonds is 8. The Morgan fingerprint density at radius 3 is 2.39 bits per heavy atom. The number of urea groups is 1. The van der Waals surface area contributed by atoms with Crippen LogP contribution in [-0.4, -0.2) is 41.0 Å². The molecule has 0 saturated heterocycles. The largest absolute Gasteiger partial charge is 0.467 e. The van der Waals surface area contributed by atoms with E-state index in [0.29, 0.717) is 11.5 Å². The second-order valence-corrected chi connectivity index (χ2v) is 8.27. The van der Waals surface area contributed by atoms with E-state index in [-0.39, 0.29) is 30.0 Å². The molecular weight excluding hydrogens is 488 g/mol. The molecule has 0 saturated carbocycles. The Bertz CT molecular complexity index is 1480. The number of para-hydroxylation sites is 1. The molecule has 1 unspecified atom stereocenters. The van der Waals surface area contributed by atoms with Gasteiger partial charge >= 0.3 is 18.0 Å². The Hall–Kier alpha value is -5.12. The van der Waals surface area contributed by atoms with E-state index >= 15 is 0 Å². The van der Waals surface area contributed by atoms with Crippen LogP contribution in [0.5, 0.6) is 0 Å². The monoisotopic (exact) mass is 512 g/mol. The minimum atomic E-state index is -0.910. The van der Waals surface area contributed by atoms with Gasteiger partial charge in [-0.15, -0.1) is 0 Å². The van der Waals surface area contributed by atoms with Gasteiger partial charge in [-0.05, 0) is 31.2 Å². The average Bonchev–Trinajstić information content (AvgIpc) is 3.64. The van der Waals surface area contributed by atoms with E-state index < -0.39 is 24.0 Å². The average molecular weight is 513 g/mol. The fourth-order valence-corrected chi connectivity index (χ4v) is 4.11. The zero-order valence-electron chi connectivity index (χ0n) is 20.4. The molecular formula is C28H24N4O6. The molecule has 5 rings (SSSR count). The SMILES string of the molecule is CCOC(=O)C1=C(COC(=O)c2cn(-c3ccccc3)nc2-c2ccccc2)NC(=O)NC1c1ccco1. The number of hydrogen-bond donors (Lipinski definition) is 2. The molecule has 3 heterocycles. The predicted octanol–water partition coefficient (Wildman–Crippen LogP) is 4.16. The molecule has 192 valence electrons. The minimum absolute atomic E-state index is 0.0810. The Balaban J connectivity index is 1.48. The Kier molecular flexibility index (Phi) is 7.03. The highest BCUT2D eigenvalue weighted by Crippen LogP contribution is 2.29. The number of furan rings is 1. The molecule has 10 heteroatoms. The smallest absolute Gasteiger partial charge is 0.342 e. The lowest BCUT2D eigenvalue weighted by atomic mass is 10.0. The molecule has 1 aliphatic rings. The number of benzene rings is 2. The third-order valence-corrected chi connectivity index (χ3v) is 5.83. The zero-order chi connectivity index (χ0) is 26.5. The number of carbonyl (C=O) groups excluding carboxylic acids is 3. The molecule has 2 amide bonds. The van der Waals surface area contributed by atoms with E-state index in [9.17, 15) is 14.4 Å². The second kappa shape index (κ2) is 10.9. The van der Waals surface area contributed by atoms with Crippen molar-refractivity contribution in [3.8, 4) is 16.9 Å². The maximum Gasteiger partial charge on any atom is 0.342 e. The first kappa shape index (κ1) is 24.6. The van der Waals surface area contributed by atoms with Gasteiger partial charge < -0.3 is 24.5 Å². The van der Waals surface area contributed by atoms with Crippen molar-refractivity contribution in [1.29, 1.82) is 0 Å². The number of hydrogen-bond acceptors (Lipinski definition) is 7. The lowest BCUT2D eigenvalue weighted by Crippen LogP contribution is -2.47. The molecule has 0 spiro atoms. The van der Waals surface area contributed by atoms with Crippen LogP contribution in [0.2, 0.25) is 0 Å². The standard InChI is InChI=1S/C28H24N4O6/c1-2-36-27(34)23-21(29-28(35)30-25(23)22-14-9-15-37-22)17-38-26(33)20-16-32(19-12-7-4-8-13-19)31-24(20)18-10-5-3-6-11-18/h3-16,25H,2,17H2,1H3,(H2,29,30,35). The third-order valence-electron chi connectivity index (χ3n) is 5.83. The van der Waals surface area contributed by atoms with Crippen molar-refractivity contribution >= 4 is 18.0 Å². The highest BCUT2D eigenvalue weighted by atomic mass is 16.5. The van der Waals surface area contributed by atoms with Crippen molar-refractivity contribution in [3.05, 3.63) is 108 Å². The number of esters is 2. The van der Waals surface area contributed by atoms with E-state index in [1.54, 1.807) is 29.9 Å². The molecule has 2 aromatic carbocycles. The van der Waals surface area contributed by atoms with E-state index in [1.165, 1.54) is 6.26 Å². The fraction of sp³-hybridized carbons (Fsp3) is 0.143. The second-order valence-electron chi connectivity index (χ2n) is 8.27. The van der Waals surface area contributed by atoms with Gasteiger partial charge in [-0.2, -0.15) is 5.10 Å². The molecule has 4 aromatic rings. The van der Waals surface area contributed by atoms with Crippen molar-refractivity contribution in [2.45, 2.75) is 13.0 Å². The van der Waals surface area contributed by atoms with E-state index in [0.717, 1.165) is 11.3 Å². The van der Waals surface area contributed by atoms with Crippen LogP contribution >= 0.6 is 0 Å². The van der Waals surface area contributed by atoms with Gasteiger partial charge in [0.2, 0.25) is 0 Å². The Labute approximate surface area is 217 Å². The van der Waals surface area contributed by atoms with Gasteiger partial charge in [0.05, 0.1) is 29.8 Å². The van der Waals surface area contributed by atoms with Crippen LogP contribution in [0.4, 0.5) is 4.79 Å².